The molecule has 0 aromatic heterocycles. The van der Waals surface area contributed by atoms with Crippen LogP contribution >= 0.6 is 11.8 Å². The van der Waals surface area contributed by atoms with E-state index in [1.807, 2.05) is 11.8 Å². The normalized spacial score (nSPS) is 12.7. The van der Waals surface area contributed by atoms with Gasteiger partial charge in [0.1, 0.15) is 0 Å². The lowest BCUT2D eigenvalue weighted by Gasteiger charge is -2.41. The highest BCUT2D eigenvalue weighted by molar-refractivity contribution is 8.00. The molecule has 17 rings (SSSR count). The van der Waals surface area contributed by atoms with Crippen LogP contribution in [0.1, 0.15) is 63.8 Å². The van der Waals surface area contributed by atoms with Gasteiger partial charge in [-0.1, -0.05) is 307 Å². The minimum absolute atomic E-state index is 0.0285. The van der Waals surface area contributed by atoms with E-state index in [-0.39, 0.29) is 17.5 Å². The number of anilines is 4. The minimum Gasteiger partial charge on any atom is -0.342 e. The Kier molecular flexibility index (Phi) is 15.0. The Morgan fingerprint density at radius 2 is 0.825 bits per heavy atom. The zero-order chi connectivity index (χ0) is 65.5. The summed E-state index contributed by atoms with van der Waals surface area (Å²) in [6, 6.07) is 117. The molecular weight excluding hydrogens is 1190 g/mol. The first-order valence-corrected chi connectivity index (χ1v) is 35.2. The first kappa shape index (κ1) is 60.1. The van der Waals surface area contributed by atoms with Crippen LogP contribution in [0.2, 0.25) is 0 Å². The molecule has 0 bridgehead atoms. The Hall–Kier alpha value is -10.6. The second-order valence-corrected chi connectivity index (χ2v) is 29.8. The lowest BCUT2D eigenvalue weighted by atomic mass is 9.34. The van der Waals surface area contributed by atoms with Gasteiger partial charge in [0.25, 0.3) is 0 Å². The summed E-state index contributed by atoms with van der Waals surface area (Å²) in [7, 11) is 0. The third-order valence-electron chi connectivity index (χ3n) is 20.6. The molecule has 15 aromatic carbocycles. The third-order valence-corrected chi connectivity index (χ3v) is 21.7. The monoisotopic (exact) mass is 1260 g/mol. The van der Waals surface area contributed by atoms with Gasteiger partial charge in [-0.3, -0.25) is 0 Å². The third kappa shape index (κ3) is 11.1. The van der Waals surface area contributed by atoms with E-state index in [4.69, 9.17) is 0 Å². The maximum absolute atomic E-state index is 2.73. The lowest BCUT2D eigenvalue weighted by Crippen LogP contribution is -2.60. The molecule has 0 atom stereocenters. The van der Waals surface area contributed by atoms with Crippen LogP contribution in [0.5, 0.6) is 0 Å². The minimum atomic E-state index is -0.0675. The van der Waals surface area contributed by atoms with Gasteiger partial charge in [-0.2, -0.15) is 0 Å². The molecular formula is C93H75BN2S. The fraction of sp³-hybridized carbons (Fsp3) is 0.118. The highest BCUT2D eigenvalue weighted by Gasteiger charge is 2.42. The Balaban J connectivity index is 0.895. The summed E-state index contributed by atoms with van der Waals surface area (Å²) in [4.78, 5) is 7.85. The summed E-state index contributed by atoms with van der Waals surface area (Å²) >= 11 is 1.94. The maximum atomic E-state index is 2.73. The number of rotatable bonds is 13. The lowest BCUT2D eigenvalue weighted by molar-refractivity contribution is 0.591. The fourth-order valence-electron chi connectivity index (χ4n) is 15.5. The van der Waals surface area contributed by atoms with Crippen molar-refractivity contribution in [3.63, 3.8) is 0 Å². The first-order chi connectivity index (χ1) is 47.3. The molecule has 0 fully saturated rings. The van der Waals surface area contributed by atoms with Crippen molar-refractivity contribution in [1.29, 1.82) is 0 Å². The van der Waals surface area contributed by atoms with Crippen molar-refractivity contribution in [1.82, 2.24) is 0 Å². The quantitative estimate of drug-likeness (QED) is 0.0839. The zero-order valence-electron chi connectivity index (χ0n) is 55.9. The molecule has 0 amide bonds. The Bertz CT molecular complexity index is 5300. The molecule has 4 heteroatoms. The van der Waals surface area contributed by atoms with Crippen LogP contribution in [0.3, 0.4) is 0 Å². The molecule has 2 heterocycles. The topological polar surface area (TPSA) is 6.48 Å². The average molecular weight is 1260 g/mol. The molecule has 0 N–H and O–H groups in total. The predicted molar refractivity (Wildman–Crippen MR) is 418 cm³/mol. The van der Waals surface area contributed by atoms with E-state index in [1.54, 1.807) is 0 Å². The SMILES string of the molecule is CC(C)(C)c1cc2ccc3cc(C(C)(C)C)cc4c(-c5ccc6c(c5)B5c7cc(-c8ccccc8)ccc7Sc7cc(CN(c8ccc(-c9ccccc9)cc8)c8ccc(-c9ccccc9)cc8)cc(c75)N6CCc5c(-c6ccccc6)cccc5-c5ccccc5)cc(c1)c2c34. The largest absolute Gasteiger partial charge is 0.342 e. The predicted octanol–water partition coefficient (Wildman–Crippen LogP) is 23.2. The molecule has 15 aromatic rings. The fourth-order valence-corrected chi connectivity index (χ4v) is 16.7. The van der Waals surface area contributed by atoms with E-state index in [0.29, 0.717) is 6.54 Å². The van der Waals surface area contributed by atoms with E-state index in [1.165, 1.54) is 159 Å². The number of fused-ring (bicyclic) bond motifs is 4. The van der Waals surface area contributed by atoms with Crippen LogP contribution in [-0.4, -0.2) is 13.3 Å². The second kappa shape index (κ2) is 24.2. The summed E-state index contributed by atoms with van der Waals surface area (Å²) < 4.78 is 0. The summed E-state index contributed by atoms with van der Waals surface area (Å²) in [5.74, 6) is 0. The van der Waals surface area contributed by atoms with Gasteiger partial charge in [0.2, 0.25) is 6.71 Å². The van der Waals surface area contributed by atoms with E-state index >= 15 is 0 Å². The van der Waals surface area contributed by atoms with Crippen molar-refractivity contribution < 1.29 is 0 Å². The Morgan fingerprint density at radius 3 is 1.38 bits per heavy atom. The molecule has 0 saturated carbocycles. The summed E-state index contributed by atoms with van der Waals surface area (Å²) in [5, 5.41) is 7.92. The van der Waals surface area contributed by atoms with E-state index < -0.39 is 0 Å². The Morgan fingerprint density at radius 1 is 0.351 bits per heavy atom. The van der Waals surface area contributed by atoms with Crippen LogP contribution in [0.4, 0.5) is 22.7 Å². The van der Waals surface area contributed by atoms with Crippen molar-refractivity contribution >= 4 is 89.9 Å². The van der Waals surface area contributed by atoms with Gasteiger partial charge in [-0.15, -0.1) is 0 Å². The smallest absolute Gasteiger partial charge is 0.249 e. The molecule has 466 valence electrons. The van der Waals surface area contributed by atoms with E-state index in [9.17, 15) is 0 Å². The van der Waals surface area contributed by atoms with E-state index in [0.717, 1.165) is 24.3 Å². The molecule has 97 heavy (non-hydrogen) atoms. The molecule has 2 aliphatic heterocycles. The molecule has 0 saturated heterocycles. The van der Waals surface area contributed by atoms with Crippen molar-refractivity contribution in [2.45, 2.75) is 75.1 Å². The molecule has 0 radical (unpaired) electrons. The molecule has 2 nitrogen and oxygen atoms in total. The van der Waals surface area contributed by atoms with Gasteiger partial charge in [0.05, 0.1) is 0 Å². The van der Waals surface area contributed by atoms with Gasteiger partial charge in [0, 0.05) is 45.6 Å². The number of nitrogens with zero attached hydrogens (tertiary/aromatic N) is 2. The van der Waals surface area contributed by atoms with Crippen molar-refractivity contribution in [2.75, 3.05) is 16.3 Å². The Labute approximate surface area is 576 Å². The van der Waals surface area contributed by atoms with Crippen LogP contribution in [-0.2, 0) is 23.8 Å². The van der Waals surface area contributed by atoms with Gasteiger partial charge < -0.3 is 9.80 Å². The number of hydrogen-bond donors (Lipinski definition) is 0. The highest BCUT2D eigenvalue weighted by atomic mass is 32.2. The summed E-state index contributed by atoms with van der Waals surface area (Å²) in [6.07, 6.45) is 0.801. The molecule has 0 spiro atoms. The van der Waals surface area contributed by atoms with Crippen molar-refractivity contribution in [2.24, 2.45) is 0 Å². The standard InChI is InChI=1S/C93H75BN2S/c1-92(2,3)74-53-71-35-36-72-54-75(93(4,5)6)59-82-81(56-73(55-74)89(71)90(72)82)70-41-47-85-83(58-70)94-84-57-69(64-27-16-9-17-28-64)42-48-87(84)97-88-52-61(51-86(91(88)94)95(85)50-49-80-78(67-29-18-10-19-30-67)33-22-34-79(80)68-31-20-11-21-32-68)60-96(76-43-37-65(38-44-76)62-23-12-7-13-24-62)77-45-39-66(40-46-77)63-25-14-8-15-26-63/h7-48,51-59H,49-50,60H2,1-6H3. The highest BCUT2D eigenvalue weighted by Crippen LogP contribution is 2.47. The molecule has 0 aliphatic carbocycles. The van der Waals surface area contributed by atoms with Gasteiger partial charge in [-0.25, -0.2) is 0 Å². The maximum Gasteiger partial charge on any atom is 0.249 e. The van der Waals surface area contributed by atoms with Crippen molar-refractivity contribution in [3.8, 4) is 66.8 Å². The van der Waals surface area contributed by atoms with Gasteiger partial charge in [0.15, 0.2) is 0 Å². The molecule has 2 aliphatic rings. The number of hydrogen-bond acceptors (Lipinski definition) is 3. The van der Waals surface area contributed by atoms with Crippen LogP contribution < -0.4 is 26.2 Å². The second-order valence-electron chi connectivity index (χ2n) is 28.7. The first-order valence-electron chi connectivity index (χ1n) is 34.4. The zero-order valence-corrected chi connectivity index (χ0v) is 56.8. The summed E-state index contributed by atoms with van der Waals surface area (Å²) in [5.41, 5.74) is 28.8. The van der Waals surface area contributed by atoms with Crippen molar-refractivity contribution in [3.05, 3.63) is 332 Å². The van der Waals surface area contributed by atoms with E-state index in [2.05, 4.69) is 361 Å². The number of benzene rings is 15. The average Bonchev–Trinajstić information content (AvgIpc) is 0.711. The van der Waals surface area contributed by atoms with Gasteiger partial charge in [-0.05, 0) is 210 Å². The van der Waals surface area contributed by atoms with Crippen LogP contribution in [0.15, 0.2) is 319 Å². The summed E-state index contributed by atoms with van der Waals surface area (Å²) in [6.45, 7) is 15.4. The van der Waals surface area contributed by atoms with Crippen LogP contribution in [0.25, 0.3) is 99.1 Å². The van der Waals surface area contributed by atoms with Gasteiger partial charge >= 0.3 is 0 Å². The molecule has 0 unspecified atom stereocenters. The van der Waals surface area contributed by atoms with Crippen LogP contribution in [0, 0.1) is 0 Å².